The number of carboxylic acid groups (broad SMARTS) is 5. The largest absolute Gasteiger partial charge is 0.481 e. The number of aliphatic carboxylic acids is 5. The lowest BCUT2D eigenvalue weighted by Crippen LogP contribution is -2.50. The summed E-state index contributed by atoms with van der Waals surface area (Å²) < 4.78 is 0. The Labute approximate surface area is 153 Å². The first-order chi connectivity index (χ1) is 12.5. The monoisotopic (exact) mass is 393 g/mol. The average Bonchev–Trinajstić information content (AvgIpc) is 2.47. The smallest absolute Gasteiger partial charge is 0.317 e. The fourth-order valence-corrected chi connectivity index (χ4v) is 2.33. The summed E-state index contributed by atoms with van der Waals surface area (Å²) in [5.74, 6) is -6.37. The highest BCUT2D eigenvalue weighted by Gasteiger charge is 2.28. The molecule has 6 N–H and O–H groups in total. The summed E-state index contributed by atoms with van der Waals surface area (Å²) in [6.07, 6.45) is -0.598. The molecule has 1 atom stereocenters. The fraction of sp³-hybridized carbons (Fsp3) is 0.643. The first kappa shape index (κ1) is 24.2. The van der Waals surface area contributed by atoms with Crippen molar-refractivity contribution in [3.63, 3.8) is 0 Å². The van der Waals surface area contributed by atoms with Crippen LogP contribution in [0.3, 0.4) is 0 Å². The van der Waals surface area contributed by atoms with Crippen LogP contribution in [0.4, 0.5) is 0 Å². The lowest BCUT2D eigenvalue weighted by atomic mass is 10.1. The third-order valence-electron chi connectivity index (χ3n) is 3.31. The number of carbonyl (C=O) groups is 5. The zero-order valence-electron chi connectivity index (χ0n) is 14.4. The molecule has 0 aliphatic rings. The molecular weight excluding hydrogens is 370 g/mol. The van der Waals surface area contributed by atoms with Gasteiger partial charge in [-0.2, -0.15) is 0 Å². The Morgan fingerprint density at radius 2 is 1.26 bits per heavy atom. The summed E-state index contributed by atoms with van der Waals surface area (Å²) in [6.45, 7) is -2.46. The van der Waals surface area contributed by atoms with E-state index in [-0.39, 0.29) is 26.2 Å². The molecule has 13 nitrogen and oxygen atoms in total. The van der Waals surface area contributed by atoms with Crippen molar-refractivity contribution in [3.05, 3.63) is 0 Å². The lowest BCUT2D eigenvalue weighted by molar-refractivity contribution is -0.147. The number of hydrogen-bond donors (Lipinski definition) is 6. The molecule has 27 heavy (non-hydrogen) atoms. The summed E-state index contributed by atoms with van der Waals surface area (Å²) in [6, 6.07) is -1.08. The maximum Gasteiger partial charge on any atom is 0.317 e. The van der Waals surface area contributed by atoms with E-state index in [2.05, 4.69) is 5.32 Å². The third kappa shape index (κ3) is 13.1. The van der Waals surface area contributed by atoms with Gasteiger partial charge in [-0.1, -0.05) is 0 Å². The van der Waals surface area contributed by atoms with Crippen LogP contribution in [-0.4, -0.2) is 117 Å². The molecule has 0 bridgehead atoms. The fourth-order valence-electron chi connectivity index (χ4n) is 2.33. The standard InChI is InChI=1S/C14H23N3O10/c18-10(19)3-9(17(7-13(24)25)8-14(26)27)5-16(6-12(22)23)2-1-15-4-11(20)21/h9,15H,1-8H2,(H,18,19)(H,20,21)(H,22,23)(H,24,25)(H,26,27). The van der Waals surface area contributed by atoms with Crippen LogP contribution in [0.5, 0.6) is 0 Å². The van der Waals surface area contributed by atoms with Gasteiger partial charge in [0.25, 0.3) is 0 Å². The molecule has 0 heterocycles. The van der Waals surface area contributed by atoms with Crippen LogP contribution >= 0.6 is 0 Å². The van der Waals surface area contributed by atoms with Gasteiger partial charge < -0.3 is 30.8 Å². The summed E-state index contributed by atoms with van der Waals surface area (Å²) in [5, 5.41) is 47.0. The van der Waals surface area contributed by atoms with Gasteiger partial charge >= 0.3 is 29.8 Å². The summed E-state index contributed by atoms with van der Waals surface area (Å²) in [5.41, 5.74) is 0. The molecule has 0 aliphatic heterocycles. The molecule has 0 amide bonds. The second-order valence-corrected chi connectivity index (χ2v) is 5.64. The zero-order chi connectivity index (χ0) is 21.0. The number of rotatable bonds is 16. The van der Waals surface area contributed by atoms with Crippen molar-refractivity contribution in [3.8, 4) is 0 Å². The SMILES string of the molecule is O=C(O)CNCCN(CC(=O)O)CC(CC(=O)O)N(CC(=O)O)CC(=O)O. The maximum absolute atomic E-state index is 11.1. The second kappa shape index (κ2) is 12.6. The number of nitrogens with one attached hydrogen (secondary N) is 1. The van der Waals surface area contributed by atoms with Crippen molar-refractivity contribution in [2.75, 3.05) is 45.8 Å². The molecule has 0 aromatic heterocycles. The van der Waals surface area contributed by atoms with Crippen molar-refractivity contribution in [1.82, 2.24) is 15.1 Å². The highest BCUT2D eigenvalue weighted by atomic mass is 16.4. The minimum Gasteiger partial charge on any atom is -0.481 e. The molecule has 0 aliphatic carbocycles. The predicted octanol–water partition coefficient (Wildman–Crippen LogP) is -2.64. The van der Waals surface area contributed by atoms with Crippen LogP contribution in [0.25, 0.3) is 0 Å². The third-order valence-corrected chi connectivity index (χ3v) is 3.31. The van der Waals surface area contributed by atoms with E-state index in [1.54, 1.807) is 0 Å². The Morgan fingerprint density at radius 1 is 0.741 bits per heavy atom. The van der Waals surface area contributed by atoms with E-state index in [1.165, 1.54) is 4.90 Å². The Hall–Kier alpha value is -2.77. The molecule has 1 unspecified atom stereocenters. The van der Waals surface area contributed by atoms with Crippen LogP contribution in [0, 0.1) is 0 Å². The summed E-state index contributed by atoms with van der Waals surface area (Å²) in [4.78, 5) is 56.7. The molecule has 0 saturated heterocycles. The Morgan fingerprint density at radius 3 is 1.67 bits per heavy atom. The van der Waals surface area contributed by atoms with Crippen molar-refractivity contribution < 1.29 is 49.5 Å². The molecule has 0 aromatic rings. The van der Waals surface area contributed by atoms with Gasteiger partial charge in [0.05, 0.1) is 32.6 Å². The van der Waals surface area contributed by atoms with Crippen LogP contribution in [0.1, 0.15) is 6.42 Å². The highest BCUT2D eigenvalue weighted by Crippen LogP contribution is 2.08. The normalized spacial score (nSPS) is 12.1. The minimum atomic E-state index is -1.36. The Kier molecular flexibility index (Phi) is 11.3. The molecule has 0 radical (unpaired) electrons. The first-order valence-corrected chi connectivity index (χ1v) is 7.77. The van der Waals surface area contributed by atoms with Crippen LogP contribution in [0.15, 0.2) is 0 Å². The van der Waals surface area contributed by atoms with Gasteiger partial charge in [-0.3, -0.25) is 33.8 Å². The average molecular weight is 393 g/mol. The quantitative estimate of drug-likeness (QED) is 0.149. The van der Waals surface area contributed by atoms with Crippen LogP contribution in [0.2, 0.25) is 0 Å². The van der Waals surface area contributed by atoms with Gasteiger partial charge in [-0.05, 0) is 0 Å². The summed E-state index contributed by atoms with van der Waals surface area (Å²) in [7, 11) is 0. The van der Waals surface area contributed by atoms with Crippen molar-refractivity contribution in [2.45, 2.75) is 12.5 Å². The second-order valence-electron chi connectivity index (χ2n) is 5.64. The molecule has 0 saturated carbocycles. The van der Waals surface area contributed by atoms with Gasteiger partial charge in [-0.25, -0.2) is 0 Å². The Bertz CT molecular complexity index is 537. The van der Waals surface area contributed by atoms with Crippen molar-refractivity contribution in [2.24, 2.45) is 0 Å². The first-order valence-electron chi connectivity index (χ1n) is 7.77. The van der Waals surface area contributed by atoms with Crippen molar-refractivity contribution >= 4 is 29.8 Å². The van der Waals surface area contributed by atoms with Gasteiger partial charge in [0.15, 0.2) is 0 Å². The predicted molar refractivity (Wildman–Crippen MR) is 87.5 cm³/mol. The van der Waals surface area contributed by atoms with E-state index in [1.807, 2.05) is 0 Å². The molecule has 0 aromatic carbocycles. The van der Waals surface area contributed by atoms with Crippen LogP contribution in [-0.2, 0) is 24.0 Å². The zero-order valence-corrected chi connectivity index (χ0v) is 14.4. The molecule has 154 valence electrons. The lowest BCUT2D eigenvalue weighted by Gasteiger charge is -2.32. The molecule has 0 rings (SSSR count). The van der Waals surface area contributed by atoms with E-state index in [0.29, 0.717) is 0 Å². The van der Waals surface area contributed by atoms with E-state index in [0.717, 1.165) is 4.90 Å². The van der Waals surface area contributed by atoms with Crippen LogP contribution < -0.4 is 5.32 Å². The topological polar surface area (TPSA) is 205 Å². The number of hydrogen-bond acceptors (Lipinski definition) is 8. The van der Waals surface area contributed by atoms with E-state index in [9.17, 15) is 24.0 Å². The van der Waals surface area contributed by atoms with Gasteiger partial charge in [0, 0.05) is 25.7 Å². The Balaban J connectivity index is 5.21. The van der Waals surface area contributed by atoms with Gasteiger partial charge in [-0.15, -0.1) is 0 Å². The molecular formula is C14H23N3O10. The van der Waals surface area contributed by atoms with Crippen molar-refractivity contribution in [1.29, 1.82) is 0 Å². The molecule has 0 spiro atoms. The molecule has 13 heteroatoms. The van der Waals surface area contributed by atoms with E-state index in [4.69, 9.17) is 25.5 Å². The van der Waals surface area contributed by atoms with Gasteiger partial charge in [0.1, 0.15) is 0 Å². The van der Waals surface area contributed by atoms with E-state index >= 15 is 0 Å². The minimum absolute atomic E-state index is 0.0314. The number of carboxylic acids is 5. The highest BCUT2D eigenvalue weighted by molar-refractivity contribution is 5.73. The van der Waals surface area contributed by atoms with E-state index < -0.39 is 61.9 Å². The van der Waals surface area contributed by atoms with Gasteiger partial charge in [0.2, 0.25) is 0 Å². The maximum atomic E-state index is 11.1. The molecule has 0 fully saturated rings. The summed E-state index contributed by atoms with van der Waals surface area (Å²) >= 11 is 0. The number of nitrogens with zero attached hydrogens (tertiary/aromatic N) is 2.